The minimum Gasteiger partial charge on any atom is -0.0683 e. The van der Waals surface area contributed by atoms with Crippen LogP contribution in [0.3, 0.4) is 0 Å². The molecule has 0 radical (unpaired) electrons. The molecule has 0 aliphatic heterocycles. The van der Waals surface area contributed by atoms with Gasteiger partial charge < -0.3 is 0 Å². The third-order valence-electron chi connectivity index (χ3n) is 2.66. The van der Waals surface area contributed by atoms with Crippen molar-refractivity contribution in [2.45, 2.75) is 60.8 Å². The second-order valence-electron chi connectivity index (χ2n) is 4.68. The summed E-state index contributed by atoms with van der Waals surface area (Å²) in [7, 11) is 0. The van der Waals surface area contributed by atoms with Crippen molar-refractivity contribution in [3.05, 3.63) is 0 Å². The molecule has 0 heterocycles. The SMILES string of the molecule is CC.CCC1(C)CC(C)(C)C1. The first kappa shape index (κ1) is 11.0. The van der Waals surface area contributed by atoms with Crippen molar-refractivity contribution >= 4 is 0 Å². The molecule has 0 heteroatoms. The molecule has 68 valence electrons. The van der Waals surface area contributed by atoms with E-state index >= 15 is 0 Å². The van der Waals surface area contributed by atoms with Crippen molar-refractivity contribution in [3.8, 4) is 0 Å². The summed E-state index contributed by atoms with van der Waals surface area (Å²) >= 11 is 0. The number of rotatable bonds is 1. The van der Waals surface area contributed by atoms with Gasteiger partial charge in [-0.2, -0.15) is 0 Å². The maximum absolute atomic E-state index is 2.40. The largest absolute Gasteiger partial charge is 0.0683 e. The monoisotopic (exact) mass is 156 g/mol. The van der Waals surface area contributed by atoms with Gasteiger partial charge >= 0.3 is 0 Å². The molecule has 11 heavy (non-hydrogen) atoms. The lowest BCUT2D eigenvalue weighted by Gasteiger charge is -2.51. The Morgan fingerprint density at radius 3 is 1.45 bits per heavy atom. The van der Waals surface area contributed by atoms with E-state index < -0.39 is 0 Å². The average molecular weight is 156 g/mol. The second kappa shape index (κ2) is 3.60. The van der Waals surface area contributed by atoms with E-state index in [-0.39, 0.29) is 0 Å². The molecule has 0 atom stereocenters. The van der Waals surface area contributed by atoms with Gasteiger partial charge in [0.1, 0.15) is 0 Å². The molecule has 0 aromatic rings. The Hall–Kier alpha value is 0. The predicted octanol–water partition coefficient (Wildman–Crippen LogP) is 4.25. The maximum atomic E-state index is 2.40. The van der Waals surface area contributed by atoms with Crippen LogP contribution in [0.25, 0.3) is 0 Å². The van der Waals surface area contributed by atoms with E-state index in [4.69, 9.17) is 0 Å². The van der Waals surface area contributed by atoms with Crippen LogP contribution in [0.15, 0.2) is 0 Å². The summed E-state index contributed by atoms with van der Waals surface area (Å²) in [6.45, 7) is 13.4. The van der Waals surface area contributed by atoms with Crippen molar-refractivity contribution in [1.82, 2.24) is 0 Å². The molecule has 0 amide bonds. The zero-order valence-electron chi connectivity index (χ0n) is 9.12. The van der Waals surface area contributed by atoms with Gasteiger partial charge in [-0.1, -0.05) is 48.0 Å². The topological polar surface area (TPSA) is 0 Å². The van der Waals surface area contributed by atoms with Gasteiger partial charge in [0.2, 0.25) is 0 Å². The van der Waals surface area contributed by atoms with Crippen molar-refractivity contribution in [3.63, 3.8) is 0 Å². The molecular weight excluding hydrogens is 132 g/mol. The first-order valence-corrected chi connectivity index (χ1v) is 4.97. The standard InChI is InChI=1S/C9H18.C2H6/c1-5-9(4)6-8(2,3)7-9;1-2/h5-7H2,1-4H3;1-2H3. The lowest BCUT2D eigenvalue weighted by molar-refractivity contribution is 0.000283. The highest BCUT2D eigenvalue weighted by atomic mass is 14.5. The van der Waals surface area contributed by atoms with Crippen LogP contribution in [0.5, 0.6) is 0 Å². The molecule has 0 nitrogen and oxygen atoms in total. The molecule has 0 N–H and O–H groups in total. The fraction of sp³-hybridized carbons (Fsp3) is 1.00. The predicted molar refractivity (Wildman–Crippen MR) is 52.8 cm³/mol. The smallest absolute Gasteiger partial charge is 0.0318 e. The number of hydrogen-bond donors (Lipinski definition) is 0. The zero-order chi connectivity index (χ0) is 9.12. The lowest BCUT2D eigenvalue weighted by atomic mass is 9.54. The first-order valence-electron chi connectivity index (χ1n) is 4.97. The Bertz CT molecular complexity index is 103. The summed E-state index contributed by atoms with van der Waals surface area (Å²) in [6.07, 6.45) is 4.21. The molecule has 1 saturated carbocycles. The third kappa shape index (κ3) is 2.84. The Kier molecular flexibility index (Phi) is 3.60. The zero-order valence-corrected chi connectivity index (χ0v) is 9.12. The summed E-state index contributed by atoms with van der Waals surface area (Å²) in [6, 6.07) is 0. The highest BCUT2D eigenvalue weighted by Gasteiger charge is 2.43. The van der Waals surface area contributed by atoms with Gasteiger partial charge in [0.25, 0.3) is 0 Å². The summed E-state index contributed by atoms with van der Waals surface area (Å²) < 4.78 is 0. The summed E-state index contributed by atoms with van der Waals surface area (Å²) in [5, 5.41) is 0. The van der Waals surface area contributed by atoms with Gasteiger partial charge in [-0.15, -0.1) is 0 Å². The van der Waals surface area contributed by atoms with Gasteiger partial charge in [-0.25, -0.2) is 0 Å². The molecule has 1 aliphatic rings. The summed E-state index contributed by atoms with van der Waals surface area (Å²) in [4.78, 5) is 0. The van der Waals surface area contributed by atoms with Crippen molar-refractivity contribution in [2.75, 3.05) is 0 Å². The molecule has 0 aromatic carbocycles. The van der Waals surface area contributed by atoms with Crippen molar-refractivity contribution in [2.24, 2.45) is 10.8 Å². The van der Waals surface area contributed by atoms with Gasteiger partial charge in [-0.3, -0.25) is 0 Å². The minimum atomic E-state index is 0.658. The van der Waals surface area contributed by atoms with Crippen molar-refractivity contribution in [1.29, 1.82) is 0 Å². The molecule has 0 aromatic heterocycles. The van der Waals surface area contributed by atoms with E-state index in [1.54, 1.807) is 0 Å². The fourth-order valence-electron chi connectivity index (χ4n) is 2.51. The van der Waals surface area contributed by atoms with E-state index in [0.29, 0.717) is 10.8 Å². The van der Waals surface area contributed by atoms with Crippen LogP contribution in [0.1, 0.15) is 60.8 Å². The van der Waals surface area contributed by atoms with E-state index in [0.717, 1.165) is 0 Å². The van der Waals surface area contributed by atoms with E-state index in [9.17, 15) is 0 Å². The Morgan fingerprint density at radius 1 is 1.00 bits per heavy atom. The molecular formula is C11H24. The summed E-state index contributed by atoms with van der Waals surface area (Å²) in [5.74, 6) is 0. The van der Waals surface area contributed by atoms with Crippen LogP contribution in [0, 0.1) is 10.8 Å². The molecule has 0 saturated heterocycles. The Balaban J connectivity index is 0.000000461. The normalized spacial score (nSPS) is 24.5. The average Bonchev–Trinajstić information content (AvgIpc) is 1.88. The highest BCUT2D eigenvalue weighted by molar-refractivity contribution is 4.94. The van der Waals surface area contributed by atoms with Gasteiger partial charge in [0, 0.05) is 0 Å². The third-order valence-corrected chi connectivity index (χ3v) is 2.66. The van der Waals surface area contributed by atoms with Crippen LogP contribution in [-0.4, -0.2) is 0 Å². The van der Waals surface area contributed by atoms with Gasteiger partial charge in [-0.05, 0) is 23.7 Å². The first-order chi connectivity index (χ1) is 4.97. The van der Waals surface area contributed by atoms with Crippen LogP contribution in [0.4, 0.5) is 0 Å². The Morgan fingerprint density at radius 2 is 1.36 bits per heavy atom. The van der Waals surface area contributed by atoms with Gasteiger partial charge in [0.05, 0.1) is 0 Å². The quantitative estimate of drug-likeness (QED) is 0.532. The second-order valence-corrected chi connectivity index (χ2v) is 4.68. The molecule has 1 aliphatic carbocycles. The highest BCUT2D eigenvalue weighted by Crippen LogP contribution is 2.55. The van der Waals surface area contributed by atoms with E-state index in [1.807, 2.05) is 13.8 Å². The van der Waals surface area contributed by atoms with Crippen molar-refractivity contribution < 1.29 is 0 Å². The molecule has 0 bridgehead atoms. The van der Waals surface area contributed by atoms with Gasteiger partial charge in [0.15, 0.2) is 0 Å². The molecule has 0 spiro atoms. The molecule has 0 unspecified atom stereocenters. The fourth-order valence-corrected chi connectivity index (χ4v) is 2.51. The molecule has 1 fully saturated rings. The summed E-state index contributed by atoms with van der Waals surface area (Å²) in [5.41, 5.74) is 1.36. The van der Waals surface area contributed by atoms with Crippen LogP contribution in [0.2, 0.25) is 0 Å². The van der Waals surface area contributed by atoms with Crippen LogP contribution >= 0.6 is 0 Å². The minimum absolute atomic E-state index is 0.658. The number of hydrogen-bond acceptors (Lipinski definition) is 0. The lowest BCUT2D eigenvalue weighted by Crippen LogP contribution is -2.40. The van der Waals surface area contributed by atoms with Crippen LogP contribution < -0.4 is 0 Å². The van der Waals surface area contributed by atoms with Crippen LogP contribution in [-0.2, 0) is 0 Å². The van der Waals surface area contributed by atoms with E-state index in [2.05, 4.69) is 27.7 Å². The van der Waals surface area contributed by atoms with E-state index in [1.165, 1.54) is 19.3 Å². The molecule has 1 rings (SSSR count). The Labute approximate surface area is 72.4 Å². The maximum Gasteiger partial charge on any atom is -0.0318 e.